The van der Waals surface area contributed by atoms with Gasteiger partial charge in [-0.2, -0.15) is 0 Å². The van der Waals surface area contributed by atoms with E-state index in [9.17, 15) is 8.42 Å². The fourth-order valence-electron chi connectivity index (χ4n) is 3.75. The zero-order valence-electron chi connectivity index (χ0n) is 15.3. The average Bonchev–Trinajstić information content (AvgIpc) is 2.91. The number of hydrogen-bond acceptors (Lipinski definition) is 5. The van der Waals surface area contributed by atoms with E-state index in [0.717, 1.165) is 31.8 Å². The number of likely N-dealkylation sites (tertiary alicyclic amines) is 1. The van der Waals surface area contributed by atoms with Crippen LogP contribution >= 0.6 is 0 Å². The molecule has 27 heavy (non-hydrogen) atoms. The molecule has 2 heterocycles. The summed E-state index contributed by atoms with van der Waals surface area (Å²) in [6, 6.07) is 14.7. The van der Waals surface area contributed by atoms with Gasteiger partial charge in [-0.3, -0.25) is 4.90 Å². The number of para-hydroxylation sites is 1. The molecule has 1 fully saturated rings. The van der Waals surface area contributed by atoms with Crippen LogP contribution in [0, 0.1) is 0 Å². The van der Waals surface area contributed by atoms with E-state index in [1.807, 2.05) is 12.1 Å². The van der Waals surface area contributed by atoms with Gasteiger partial charge in [-0.15, -0.1) is 0 Å². The smallest absolute Gasteiger partial charge is 0.244 e. The first-order valence-corrected chi connectivity index (χ1v) is 10.7. The van der Waals surface area contributed by atoms with E-state index < -0.39 is 10.0 Å². The van der Waals surface area contributed by atoms with Crippen molar-refractivity contribution in [3.63, 3.8) is 0 Å². The normalized spacial score (nSPS) is 24.6. The maximum absolute atomic E-state index is 12.7. The predicted molar refractivity (Wildman–Crippen MR) is 102 cm³/mol. The molecule has 2 aliphatic heterocycles. The lowest BCUT2D eigenvalue weighted by Crippen LogP contribution is -2.43. The lowest BCUT2D eigenvalue weighted by molar-refractivity contribution is 0.156. The molecule has 0 aliphatic carbocycles. The topological polar surface area (TPSA) is 67.9 Å². The molecule has 0 spiro atoms. The Morgan fingerprint density at radius 3 is 2.63 bits per heavy atom. The second kappa shape index (κ2) is 7.50. The molecule has 2 aromatic carbocycles. The average molecular weight is 388 g/mol. The van der Waals surface area contributed by atoms with E-state index >= 15 is 0 Å². The lowest BCUT2D eigenvalue weighted by Gasteiger charge is -2.22. The first-order chi connectivity index (χ1) is 13.0. The van der Waals surface area contributed by atoms with Gasteiger partial charge < -0.3 is 9.47 Å². The van der Waals surface area contributed by atoms with E-state index in [2.05, 4.69) is 21.8 Å². The standard InChI is InChI=1S/C20H24N2O4S/c1-25-16-8-6-15(7-9-16)14-22-12-10-17-18(11-13-22)26-19-4-2-3-5-20(19)27(23,24)21-17/h2-9,17-18,21H,10-14H2,1H3/t17-,18-/m0/s1. The third kappa shape index (κ3) is 3.95. The molecule has 0 unspecified atom stereocenters. The Kier molecular flexibility index (Phi) is 5.08. The minimum Gasteiger partial charge on any atom is -0.497 e. The van der Waals surface area contributed by atoms with Gasteiger partial charge >= 0.3 is 0 Å². The summed E-state index contributed by atoms with van der Waals surface area (Å²) in [6.45, 7) is 2.50. The molecule has 2 aromatic rings. The monoisotopic (exact) mass is 388 g/mol. The molecule has 0 saturated carbocycles. The van der Waals surface area contributed by atoms with Crippen LogP contribution in [0.4, 0.5) is 0 Å². The molecule has 1 saturated heterocycles. The Morgan fingerprint density at radius 1 is 1.11 bits per heavy atom. The molecule has 0 aromatic heterocycles. The van der Waals surface area contributed by atoms with Gasteiger partial charge in [-0.1, -0.05) is 24.3 Å². The highest BCUT2D eigenvalue weighted by atomic mass is 32.2. The number of benzene rings is 2. The SMILES string of the molecule is COc1ccc(CN2CC[C@@H]3NS(=O)(=O)c4ccccc4O[C@H]3CC2)cc1. The first-order valence-electron chi connectivity index (χ1n) is 9.18. The minimum atomic E-state index is -3.56. The summed E-state index contributed by atoms with van der Waals surface area (Å²) in [7, 11) is -1.90. The highest BCUT2D eigenvalue weighted by Crippen LogP contribution is 2.31. The van der Waals surface area contributed by atoms with Crippen molar-refractivity contribution in [3.05, 3.63) is 54.1 Å². The van der Waals surface area contributed by atoms with Gasteiger partial charge in [0.2, 0.25) is 10.0 Å². The summed E-state index contributed by atoms with van der Waals surface area (Å²) in [5, 5.41) is 0. The fraction of sp³-hybridized carbons (Fsp3) is 0.400. The molecule has 6 nitrogen and oxygen atoms in total. The van der Waals surface area contributed by atoms with Crippen molar-refractivity contribution >= 4 is 10.0 Å². The van der Waals surface area contributed by atoms with Gasteiger partial charge in [0.05, 0.1) is 13.2 Å². The Hall–Kier alpha value is -2.09. The number of nitrogens with one attached hydrogen (secondary N) is 1. The number of nitrogens with zero attached hydrogens (tertiary/aromatic N) is 1. The quantitative estimate of drug-likeness (QED) is 0.875. The number of fused-ring (bicyclic) bond motifs is 2. The van der Waals surface area contributed by atoms with E-state index in [1.165, 1.54) is 5.56 Å². The van der Waals surface area contributed by atoms with Gasteiger partial charge in [0.25, 0.3) is 0 Å². The highest BCUT2D eigenvalue weighted by Gasteiger charge is 2.36. The van der Waals surface area contributed by atoms with Crippen LogP contribution in [0.5, 0.6) is 11.5 Å². The van der Waals surface area contributed by atoms with Crippen molar-refractivity contribution in [2.24, 2.45) is 0 Å². The Balaban J connectivity index is 1.48. The van der Waals surface area contributed by atoms with Crippen molar-refractivity contribution in [2.75, 3.05) is 20.2 Å². The molecule has 2 atom stereocenters. The lowest BCUT2D eigenvalue weighted by atomic mass is 10.1. The summed E-state index contributed by atoms with van der Waals surface area (Å²) in [5.41, 5.74) is 1.21. The number of rotatable bonds is 3. The van der Waals surface area contributed by atoms with Crippen LogP contribution in [0.1, 0.15) is 18.4 Å². The largest absolute Gasteiger partial charge is 0.497 e. The number of methoxy groups -OCH3 is 1. The summed E-state index contributed by atoms with van der Waals surface area (Å²) in [6.07, 6.45) is 1.33. The highest BCUT2D eigenvalue weighted by molar-refractivity contribution is 7.89. The Labute approximate surface area is 160 Å². The van der Waals surface area contributed by atoms with Gasteiger partial charge in [0, 0.05) is 19.6 Å². The first kappa shape index (κ1) is 18.3. The van der Waals surface area contributed by atoms with Gasteiger partial charge in [0.1, 0.15) is 22.5 Å². The maximum atomic E-state index is 12.7. The molecule has 144 valence electrons. The van der Waals surface area contributed by atoms with Crippen LogP contribution < -0.4 is 14.2 Å². The third-order valence-corrected chi connectivity index (χ3v) is 6.75. The zero-order valence-corrected chi connectivity index (χ0v) is 16.1. The molecule has 1 N–H and O–H groups in total. The second-order valence-electron chi connectivity index (χ2n) is 7.03. The summed E-state index contributed by atoms with van der Waals surface area (Å²) >= 11 is 0. The zero-order chi connectivity index (χ0) is 18.9. The molecule has 4 rings (SSSR count). The van der Waals surface area contributed by atoms with Crippen molar-refractivity contribution in [2.45, 2.75) is 36.4 Å². The molecule has 0 bridgehead atoms. The van der Waals surface area contributed by atoms with E-state index in [0.29, 0.717) is 12.2 Å². The van der Waals surface area contributed by atoms with Gasteiger partial charge in [0.15, 0.2) is 0 Å². The Morgan fingerprint density at radius 2 is 1.85 bits per heavy atom. The maximum Gasteiger partial charge on any atom is 0.244 e. The predicted octanol–water partition coefficient (Wildman–Crippen LogP) is 2.40. The van der Waals surface area contributed by atoms with Crippen LogP contribution in [0.2, 0.25) is 0 Å². The molecule has 0 radical (unpaired) electrons. The van der Waals surface area contributed by atoms with Crippen molar-refractivity contribution in [3.8, 4) is 11.5 Å². The fourth-order valence-corrected chi connectivity index (χ4v) is 5.18. The van der Waals surface area contributed by atoms with Crippen LogP contribution in [0.15, 0.2) is 53.4 Å². The number of hydrogen-bond donors (Lipinski definition) is 1. The summed E-state index contributed by atoms with van der Waals surface area (Å²) in [5.74, 6) is 1.29. The number of ether oxygens (including phenoxy) is 2. The van der Waals surface area contributed by atoms with Crippen LogP contribution in [0.3, 0.4) is 0 Å². The van der Waals surface area contributed by atoms with E-state index in [-0.39, 0.29) is 17.0 Å². The summed E-state index contributed by atoms with van der Waals surface area (Å²) < 4.78 is 39.5. The molecule has 7 heteroatoms. The van der Waals surface area contributed by atoms with Crippen LogP contribution in [-0.4, -0.2) is 45.7 Å². The van der Waals surface area contributed by atoms with Crippen LogP contribution in [-0.2, 0) is 16.6 Å². The van der Waals surface area contributed by atoms with Gasteiger partial charge in [-0.25, -0.2) is 13.1 Å². The van der Waals surface area contributed by atoms with Crippen molar-refractivity contribution < 1.29 is 17.9 Å². The number of sulfonamides is 1. The molecular weight excluding hydrogens is 364 g/mol. The van der Waals surface area contributed by atoms with Gasteiger partial charge in [-0.05, 0) is 42.7 Å². The minimum absolute atomic E-state index is 0.163. The third-order valence-electron chi connectivity index (χ3n) is 5.22. The summed E-state index contributed by atoms with van der Waals surface area (Å²) in [4.78, 5) is 2.58. The van der Waals surface area contributed by atoms with E-state index in [1.54, 1.807) is 31.4 Å². The van der Waals surface area contributed by atoms with Crippen molar-refractivity contribution in [1.82, 2.24) is 9.62 Å². The molecule has 2 aliphatic rings. The van der Waals surface area contributed by atoms with Crippen molar-refractivity contribution in [1.29, 1.82) is 0 Å². The second-order valence-corrected chi connectivity index (χ2v) is 8.71. The molecule has 0 amide bonds. The molecular formula is C20H24N2O4S. The Bertz CT molecular complexity index is 898. The van der Waals surface area contributed by atoms with E-state index in [4.69, 9.17) is 9.47 Å². The van der Waals surface area contributed by atoms with Crippen LogP contribution in [0.25, 0.3) is 0 Å².